The zero-order chi connectivity index (χ0) is 15.2. The minimum absolute atomic E-state index is 0.104. The van der Waals surface area contributed by atoms with Crippen LogP contribution in [0.5, 0.6) is 0 Å². The Morgan fingerprint density at radius 1 is 1.27 bits per heavy atom. The molecule has 116 valence electrons. The van der Waals surface area contributed by atoms with Gasteiger partial charge in [0.2, 0.25) is 0 Å². The van der Waals surface area contributed by atoms with Crippen molar-refractivity contribution < 1.29 is 9.53 Å². The first-order valence-electron chi connectivity index (χ1n) is 7.79. The minimum Gasteiger partial charge on any atom is -0.360 e. The standard InChI is InChI=1S/C17H21N3O2/c21-17(18-12-14-10-11-19-20-14)16(13-6-2-1-3-7-13)22-15-8-4-5-9-15/h1-3,6-7,10-11,15-16H,4-5,8-9,12H2,(H,18,21)(H,19,20). The number of rotatable bonds is 6. The molecule has 1 aliphatic carbocycles. The van der Waals surface area contributed by atoms with Gasteiger partial charge in [-0.25, -0.2) is 0 Å². The molecule has 1 aliphatic rings. The second kappa shape index (κ2) is 7.22. The van der Waals surface area contributed by atoms with Crippen LogP contribution in [0.15, 0.2) is 42.6 Å². The van der Waals surface area contributed by atoms with Crippen LogP contribution < -0.4 is 5.32 Å². The summed E-state index contributed by atoms with van der Waals surface area (Å²) in [7, 11) is 0. The number of carbonyl (C=O) groups is 1. The summed E-state index contributed by atoms with van der Waals surface area (Å²) >= 11 is 0. The van der Waals surface area contributed by atoms with Gasteiger partial charge >= 0.3 is 0 Å². The maximum atomic E-state index is 12.6. The van der Waals surface area contributed by atoms with E-state index in [0.29, 0.717) is 6.54 Å². The third-order valence-corrected chi connectivity index (χ3v) is 3.98. The van der Waals surface area contributed by atoms with E-state index in [1.807, 2.05) is 36.4 Å². The van der Waals surface area contributed by atoms with Crippen LogP contribution in [-0.4, -0.2) is 22.2 Å². The van der Waals surface area contributed by atoms with E-state index in [1.54, 1.807) is 6.20 Å². The van der Waals surface area contributed by atoms with Crippen molar-refractivity contribution >= 4 is 5.91 Å². The highest BCUT2D eigenvalue weighted by Crippen LogP contribution is 2.28. The van der Waals surface area contributed by atoms with E-state index in [9.17, 15) is 4.79 Å². The molecule has 2 N–H and O–H groups in total. The third-order valence-electron chi connectivity index (χ3n) is 3.98. The zero-order valence-corrected chi connectivity index (χ0v) is 12.5. The van der Waals surface area contributed by atoms with Crippen LogP contribution in [0.3, 0.4) is 0 Å². The van der Waals surface area contributed by atoms with Gasteiger partial charge in [-0.15, -0.1) is 0 Å². The largest absolute Gasteiger partial charge is 0.360 e. The van der Waals surface area contributed by atoms with Crippen molar-refractivity contribution in [3.8, 4) is 0 Å². The van der Waals surface area contributed by atoms with Crippen LogP contribution in [-0.2, 0) is 16.1 Å². The Labute approximate surface area is 130 Å². The van der Waals surface area contributed by atoms with E-state index in [1.165, 1.54) is 12.8 Å². The van der Waals surface area contributed by atoms with Crippen LogP contribution >= 0.6 is 0 Å². The lowest BCUT2D eigenvalue weighted by atomic mass is 10.1. The van der Waals surface area contributed by atoms with Gasteiger partial charge in [0.1, 0.15) is 0 Å². The number of benzene rings is 1. The van der Waals surface area contributed by atoms with Crippen molar-refractivity contribution in [1.82, 2.24) is 15.5 Å². The molecule has 0 spiro atoms. The average molecular weight is 299 g/mol. The van der Waals surface area contributed by atoms with E-state index >= 15 is 0 Å². The maximum absolute atomic E-state index is 12.6. The fourth-order valence-electron chi connectivity index (χ4n) is 2.79. The number of nitrogens with zero attached hydrogens (tertiary/aromatic N) is 1. The fraction of sp³-hybridized carbons (Fsp3) is 0.412. The molecular formula is C17H21N3O2. The lowest BCUT2D eigenvalue weighted by Crippen LogP contribution is -2.32. The number of carbonyl (C=O) groups excluding carboxylic acids is 1. The highest BCUT2D eigenvalue weighted by Gasteiger charge is 2.26. The number of hydrogen-bond acceptors (Lipinski definition) is 3. The number of H-pyrrole nitrogens is 1. The molecule has 3 rings (SSSR count). The smallest absolute Gasteiger partial charge is 0.254 e. The van der Waals surface area contributed by atoms with E-state index in [-0.39, 0.29) is 12.0 Å². The van der Waals surface area contributed by atoms with Crippen molar-refractivity contribution in [2.75, 3.05) is 0 Å². The third kappa shape index (κ3) is 3.74. The highest BCUT2D eigenvalue weighted by molar-refractivity contribution is 5.82. The summed E-state index contributed by atoms with van der Waals surface area (Å²) in [5.41, 5.74) is 1.78. The van der Waals surface area contributed by atoms with Crippen molar-refractivity contribution in [3.63, 3.8) is 0 Å². The van der Waals surface area contributed by atoms with Crippen molar-refractivity contribution in [1.29, 1.82) is 0 Å². The first-order valence-corrected chi connectivity index (χ1v) is 7.79. The Kier molecular flexibility index (Phi) is 4.85. The van der Waals surface area contributed by atoms with Gasteiger partial charge < -0.3 is 10.1 Å². The molecule has 1 aromatic heterocycles. The van der Waals surface area contributed by atoms with Gasteiger partial charge in [0, 0.05) is 6.20 Å². The average Bonchev–Trinajstić information content (AvgIpc) is 3.24. The Morgan fingerprint density at radius 2 is 2.05 bits per heavy atom. The predicted octanol–water partition coefficient (Wildman–Crippen LogP) is 2.73. The molecule has 1 unspecified atom stereocenters. The Balaban J connectivity index is 1.67. The molecule has 1 aromatic carbocycles. The number of aromatic amines is 1. The summed E-state index contributed by atoms with van der Waals surface area (Å²) in [4.78, 5) is 12.6. The highest BCUT2D eigenvalue weighted by atomic mass is 16.5. The lowest BCUT2D eigenvalue weighted by molar-refractivity contribution is -0.137. The van der Waals surface area contributed by atoms with Crippen molar-refractivity contribution in [2.24, 2.45) is 0 Å². The quantitative estimate of drug-likeness (QED) is 0.862. The molecule has 1 saturated carbocycles. The van der Waals surface area contributed by atoms with Crippen LogP contribution in [0.1, 0.15) is 43.0 Å². The van der Waals surface area contributed by atoms with E-state index in [0.717, 1.165) is 24.1 Å². The van der Waals surface area contributed by atoms with Crippen LogP contribution in [0.4, 0.5) is 0 Å². The Bertz CT molecular complexity index is 577. The molecule has 1 amide bonds. The summed E-state index contributed by atoms with van der Waals surface area (Å²) in [5.74, 6) is -0.104. The molecule has 5 nitrogen and oxygen atoms in total. The minimum atomic E-state index is -0.549. The first-order chi connectivity index (χ1) is 10.8. The lowest BCUT2D eigenvalue weighted by Gasteiger charge is -2.21. The maximum Gasteiger partial charge on any atom is 0.254 e. The summed E-state index contributed by atoms with van der Waals surface area (Å²) in [6.07, 6.45) is 5.75. The van der Waals surface area contributed by atoms with Gasteiger partial charge in [-0.3, -0.25) is 9.89 Å². The Hall–Kier alpha value is -2.14. The second-order valence-electron chi connectivity index (χ2n) is 5.63. The molecule has 0 radical (unpaired) electrons. The summed E-state index contributed by atoms with van der Waals surface area (Å²) in [6.45, 7) is 0.427. The molecule has 2 aromatic rings. The van der Waals surface area contributed by atoms with Crippen molar-refractivity contribution in [2.45, 2.75) is 44.4 Å². The first kappa shape index (κ1) is 14.8. The summed E-state index contributed by atoms with van der Waals surface area (Å²) in [6, 6.07) is 11.5. The van der Waals surface area contributed by atoms with Crippen LogP contribution in [0.25, 0.3) is 0 Å². The van der Waals surface area contributed by atoms with Crippen LogP contribution in [0.2, 0.25) is 0 Å². The summed E-state index contributed by atoms with van der Waals surface area (Å²) in [5, 5.41) is 9.64. The molecular weight excluding hydrogens is 278 g/mol. The van der Waals surface area contributed by atoms with E-state index < -0.39 is 6.10 Å². The molecule has 22 heavy (non-hydrogen) atoms. The summed E-state index contributed by atoms with van der Waals surface area (Å²) < 4.78 is 6.09. The van der Waals surface area contributed by atoms with Gasteiger partial charge in [0.25, 0.3) is 5.91 Å². The second-order valence-corrected chi connectivity index (χ2v) is 5.63. The molecule has 1 atom stereocenters. The predicted molar refractivity (Wildman–Crippen MR) is 83.0 cm³/mol. The van der Waals surface area contributed by atoms with E-state index in [2.05, 4.69) is 15.5 Å². The number of nitrogens with one attached hydrogen (secondary N) is 2. The SMILES string of the molecule is O=C(NCc1ccn[nH]1)C(OC1CCCC1)c1ccccc1. The topological polar surface area (TPSA) is 67.0 Å². The van der Waals surface area contributed by atoms with Crippen LogP contribution in [0, 0.1) is 0 Å². The molecule has 0 saturated heterocycles. The molecule has 0 aliphatic heterocycles. The number of ether oxygens (including phenoxy) is 1. The normalized spacial score (nSPS) is 16.5. The van der Waals surface area contributed by atoms with Gasteiger partial charge in [-0.2, -0.15) is 5.10 Å². The zero-order valence-electron chi connectivity index (χ0n) is 12.5. The molecule has 0 bridgehead atoms. The number of amides is 1. The number of aromatic nitrogens is 2. The fourth-order valence-corrected chi connectivity index (χ4v) is 2.79. The molecule has 1 heterocycles. The molecule has 1 fully saturated rings. The molecule has 5 heteroatoms. The van der Waals surface area contributed by atoms with Crippen molar-refractivity contribution in [3.05, 3.63) is 53.9 Å². The van der Waals surface area contributed by atoms with E-state index in [4.69, 9.17) is 4.74 Å². The van der Waals surface area contributed by atoms with Gasteiger partial charge in [0.05, 0.1) is 18.3 Å². The monoisotopic (exact) mass is 299 g/mol. The Morgan fingerprint density at radius 3 is 2.73 bits per heavy atom. The van der Waals surface area contributed by atoms with Gasteiger partial charge in [0.15, 0.2) is 6.10 Å². The van der Waals surface area contributed by atoms with Gasteiger partial charge in [-0.1, -0.05) is 43.2 Å². The number of hydrogen-bond donors (Lipinski definition) is 2. The van der Waals surface area contributed by atoms with Gasteiger partial charge in [-0.05, 0) is 24.5 Å².